The van der Waals surface area contributed by atoms with E-state index >= 15 is 0 Å². The molecule has 0 unspecified atom stereocenters. The maximum absolute atomic E-state index is 11.3. The number of hydrogen-bond donors (Lipinski definition) is 1. The molecule has 1 rings (SSSR count). The van der Waals surface area contributed by atoms with Crippen LogP contribution in [0.25, 0.3) is 0 Å². The van der Waals surface area contributed by atoms with Crippen molar-refractivity contribution in [1.82, 2.24) is 5.32 Å². The van der Waals surface area contributed by atoms with Crippen molar-refractivity contribution in [3.05, 3.63) is 23.8 Å². The third kappa shape index (κ3) is 5.18. The molecule has 0 aromatic heterocycles. The summed E-state index contributed by atoms with van der Waals surface area (Å²) in [6, 6.07) is 5.57. The molecule has 0 saturated carbocycles. The Labute approximate surface area is 113 Å². The van der Waals surface area contributed by atoms with Gasteiger partial charge in [-0.1, -0.05) is 13.0 Å². The third-order valence-electron chi connectivity index (χ3n) is 2.55. The monoisotopic (exact) mass is 267 g/mol. The summed E-state index contributed by atoms with van der Waals surface area (Å²) in [5.74, 6) is 1.23. The van der Waals surface area contributed by atoms with E-state index in [2.05, 4.69) is 5.32 Å². The summed E-state index contributed by atoms with van der Waals surface area (Å²) in [4.78, 5) is 11.3. The van der Waals surface area contributed by atoms with E-state index in [1.54, 1.807) is 14.2 Å². The lowest BCUT2D eigenvalue weighted by Gasteiger charge is -2.11. The van der Waals surface area contributed by atoms with Gasteiger partial charge in [0.2, 0.25) is 0 Å². The van der Waals surface area contributed by atoms with Crippen LogP contribution >= 0.6 is 0 Å². The average molecular weight is 267 g/mol. The Hall–Kier alpha value is -1.75. The molecule has 5 heteroatoms. The summed E-state index contributed by atoms with van der Waals surface area (Å²) in [7, 11) is 3.21. The lowest BCUT2D eigenvalue weighted by molar-refractivity contribution is -0.142. The molecule has 0 atom stereocenters. The van der Waals surface area contributed by atoms with Gasteiger partial charge in [-0.25, -0.2) is 0 Å². The lowest BCUT2D eigenvalue weighted by Crippen LogP contribution is -2.24. The topological polar surface area (TPSA) is 56.8 Å². The summed E-state index contributed by atoms with van der Waals surface area (Å²) in [6.45, 7) is 3.15. The van der Waals surface area contributed by atoms with Crippen molar-refractivity contribution in [3.8, 4) is 11.5 Å². The van der Waals surface area contributed by atoms with E-state index in [1.807, 2.05) is 25.1 Å². The fourth-order valence-electron chi connectivity index (χ4n) is 1.56. The standard InChI is InChI=1S/C14H21NO4/c1-4-7-19-14(16)10-15-9-11-5-6-12(17-2)8-13(11)18-3/h5-6,8,15H,4,7,9-10H2,1-3H3. The summed E-state index contributed by atoms with van der Waals surface area (Å²) >= 11 is 0. The lowest BCUT2D eigenvalue weighted by atomic mass is 10.2. The molecule has 0 fully saturated rings. The molecule has 0 saturated heterocycles. The van der Waals surface area contributed by atoms with Crippen LogP contribution in [0.1, 0.15) is 18.9 Å². The van der Waals surface area contributed by atoms with Crippen LogP contribution in [0, 0.1) is 0 Å². The van der Waals surface area contributed by atoms with Crippen molar-refractivity contribution in [2.24, 2.45) is 0 Å². The van der Waals surface area contributed by atoms with Crippen molar-refractivity contribution < 1.29 is 19.0 Å². The van der Waals surface area contributed by atoms with Crippen molar-refractivity contribution in [2.75, 3.05) is 27.4 Å². The van der Waals surface area contributed by atoms with Gasteiger partial charge in [0, 0.05) is 18.2 Å². The van der Waals surface area contributed by atoms with Gasteiger partial charge in [0.25, 0.3) is 0 Å². The second-order valence-corrected chi connectivity index (χ2v) is 4.00. The molecule has 0 aliphatic heterocycles. The van der Waals surface area contributed by atoms with Crippen LogP contribution < -0.4 is 14.8 Å². The van der Waals surface area contributed by atoms with Crippen molar-refractivity contribution in [2.45, 2.75) is 19.9 Å². The van der Waals surface area contributed by atoms with Gasteiger partial charge in [-0.05, 0) is 12.5 Å². The van der Waals surface area contributed by atoms with Crippen molar-refractivity contribution in [1.29, 1.82) is 0 Å². The van der Waals surface area contributed by atoms with E-state index in [0.29, 0.717) is 13.2 Å². The summed E-state index contributed by atoms with van der Waals surface area (Å²) in [6.07, 6.45) is 0.831. The molecule has 0 heterocycles. The number of esters is 1. The van der Waals surface area contributed by atoms with Crippen LogP contribution in [0.3, 0.4) is 0 Å². The van der Waals surface area contributed by atoms with Gasteiger partial charge in [-0.2, -0.15) is 0 Å². The number of hydrogen-bond acceptors (Lipinski definition) is 5. The van der Waals surface area contributed by atoms with Crippen LogP contribution in [0.4, 0.5) is 0 Å². The van der Waals surface area contributed by atoms with Gasteiger partial charge < -0.3 is 19.5 Å². The molecule has 0 spiro atoms. The minimum absolute atomic E-state index is 0.190. The molecule has 0 amide bonds. The van der Waals surface area contributed by atoms with E-state index in [0.717, 1.165) is 23.5 Å². The Bertz CT molecular complexity index is 406. The first-order chi connectivity index (χ1) is 9.21. The molecule has 0 radical (unpaired) electrons. The maximum atomic E-state index is 11.3. The zero-order valence-corrected chi connectivity index (χ0v) is 11.7. The van der Waals surface area contributed by atoms with Crippen molar-refractivity contribution >= 4 is 5.97 Å². The normalized spacial score (nSPS) is 10.1. The minimum atomic E-state index is -0.241. The number of ether oxygens (including phenoxy) is 3. The highest BCUT2D eigenvalue weighted by Gasteiger charge is 2.06. The molecule has 1 aromatic carbocycles. The van der Waals surface area contributed by atoms with Crippen molar-refractivity contribution in [3.63, 3.8) is 0 Å². The SMILES string of the molecule is CCCOC(=O)CNCc1ccc(OC)cc1OC. The molecule has 19 heavy (non-hydrogen) atoms. The van der Waals surface area contributed by atoms with E-state index < -0.39 is 0 Å². The van der Waals surface area contributed by atoms with E-state index in [-0.39, 0.29) is 12.5 Å². The Morgan fingerprint density at radius 3 is 2.68 bits per heavy atom. The van der Waals surface area contributed by atoms with Crippen LogP contribution in [0.15, 0.2) is 18.2 Å². The molecule has 106 valence electrons. The predicted octanol–water partition coefficient (Wildman–Crippen LogP) is 1.75. The molecule has 1 aromatic rings. The fraction of sp³-hybridized carbons (Fsp3) is 0.500. The number of rotatable bonds is 8. The first-order valence-corrected chi connectivity index (χ1v) is 6.28. The van der Waals surface area contributed by atoms with Gasteiger partial charge in [0.15, 0.2) is 0 Å². The molecule has 1 N–H and O–H groups in total. The Morgan fingerprint density at radius 2 is 2.05 bits per heavy atom. The number of nitrogens with one attached hydrogen (secondary N) is 1. The Morgan fingerprint density at radius 1 is 1.26 bits per heavy atom. The molecular weight excluding hydrogens is 246 g/mol. The highest BCUT2D eigenvalue weighted by molar-refractivity contribution is 5.71. The Kier molecular flexibility index (Phi) is 6.74. The smallest absolute Gasteiger partial charge is 0.319 e. The number of carbonyl (C=O) groups is 1. The van der Waals surface area contributed by atoms with Gasteiger partial charge in [-0.15, -0.1) is 0 Å². The number of methoxy groups -OCH3 is 2. The van der Waals surface area contributed by atoms with Crippen LogP contribution in [0.5, 0.6) is 11.5 Å². The minimum Gasteiger partial charge on any atom is -0.497 e. The number of carbonyl (C=O) groups excluding carboxylic acids is 1. The first kappa shape index (κ1) is 15.3. The van der Waals surface area contributed by atoms with E-state index in [1.165, 1.54) is 0 Å². The van der Waals surface area contributed by atoms with Crippen LogP contribution in [-0.4, -0.2) is 33.3 Å². The highest BCUT2D eigenvalue weighted by Crippen LogP contribution is 2.24. The second kappa shape index (κ2) is 8.37. The molecule has 0 bridgehead atoms. The third-order valence-corrected chi connectivity index (χ3v) is 2.55. The molecule has 0 aliphatic carbocycles. The summed E-state index contributed by atoms with van der Waals surface area (Å²) < 4.78 is 15.4. The van der Waals surface area contributed by atoms with Crippen LogP contribution in [0.2, 0.25) is 0 Å². The summed E-state index contributed by atoms with van der Waals surface area (Å²) in [5.41, 5.74) is 0.964. The van der Waals surface area contributed by atoms with Gasteiger partial charge in [0.05, 0.1) is 27.4 Å². The largest absolute Gasteiger partial charge is 0.497 e. The number of benzene rings is 1. The Balaban J connectivity index is 2.46. The fourth-order valence-corrected chi connectivity index (χ4v) is 1.56. The quantitative estimate of drug-likeness (QED) is 0.727. The van der Waals surface area contributed by atoms with Gasteiger partial charge in [-0.3, -0.25) is 4.79 Å². The molecular formula is C14H21NO4. The van der Waals surface area contributed by atoms with Gasteiger partial charge >= 0.3 is 5.97 Å². The van der Waals surface area contributed by atoms with Gasteiger partial charge in [0.1, 0.15) is 11.5 Å². The molecule has 0 aliphatic rings. The van der Waals surface area contributed by atoms with E-state index in [9.17, 15) is 4.79 Å². The zero-order chi connectivity index (χ0) is 14.1. The average Bonchev–Trinajstić information content (AvgIpc) is 2.45. The predicted molar refractivity (Wildman–Crippen MR) is 72.5 cm³/mol. The first-order valence-electron chi connectivity index (χ1n) is 6.28. The maximum Gasteiger partial charge on any atom is 0.319 e. The second-order valence-electron chi connectivity index (χ2n) is 4.00. The van der Waals surface area contributed by atoms with E-state index in [4.69, 9.17) is 14.2 Å². The molecule has 5 nitrogen and oxygen atoms in total. The zero-order valence-electron chi connectivity index (χ0n) is 11.7. The highest BCUT2D eigenvalue weighted by atomic mass is 16.5. The summed E-state index contributed by atoms with van der Waals surface area (Å²) in [5, 5.41) is 3.03. The van der Waals surface area contributed by atoms with Crippen LogP contribution in [-0.2, 0) is 16.1 Å².